The minimum absolute atomic E-state index is 0.0909. The normalized spacial score (nSPS) is 11.3. The number of aryl methyl sites for hydroxylation is 2. The van der Waals surface area contributed by atoms with Crippen LogP contribution in [0.3, 0.4) is 0 Å². The molecule has 0 saturated carbocycles. The number of rotatable bonds is 7. The highest BCUT2D eigenvalue weighted by Crippen LogP contribution is 2.15. The van der Waals surface area contributed by atoms with Crippen molar-refractivity contribution in [1.82, 2.24) is 15.6 Å². The van der Waals surface area contributed by atoms with E-state index >= 15 is 0 Å². The van der Waals surface area contributed by atoms with Gasteiger partial charge in [-0.15, -0.1) is 0 Å². The number of benzene rings is 1. The van der Waals surface area contributed by atoms with Gasteiger partial charge in [0.2, 0.25) is 15.9 Å². The van der Waals surface area contributed by atoms with Gasteiger partial charge in [-0.3, -0.25) is 20.4 Å². The van der Waals surface area contributed by atoms with Crippen LogP contribution in [0.5, 0.6) is 0 Å². The van der Waals surface area contributed by atoms with Crippen molar-refractivity contribution in [3.8, 4) is 0 Å². The van der Waals surface area contributed by atoms with Gasteiger partial charge in [0.25, 0.3) is 5.91 Å². The number of nitrogens with one attached hydrogen (secondary N) is 3. The molecule has 152 valence electrons. The Morgan fingerprint density at radius 1 is 1.11 bits per heavy atom. The first-order chi connectivity index (χ1) is 13.1. The van der Waals surface area contributed by atoms with Gasteiger partial charge in [-0.05, 0) is 38.5 Å². The molecule has 0 radical (unpaired) electrons. The van der Waals surface area contributed by atoms with E-state index in [1.54, 1.807) is 13.8 Å². The lowest BCUT2D eigenvalue weighted by molar-refractivity contribution is -0.121. The van der Waals surface area contributed by atoms with Crippen LogP contribution in [0.1, 0.15) is 34.7 Å². The summed E-state index contributed by atoms with van der Waals surface area (Å²) in [6.07, 6.45) is -0.00824. The molecule has 1 aromatic heterocycles. The summed E-state index contributed by atoms with van der Waals surface area (Å²) in [7, 11) is -4.17. The Kier molecular flexibility index (Phi) is 6.86. The van der Waals surface area contributed by atoms with Crippen LogP contribution < -0.4 is 15.6 Å². The Balaban J connectivity index is 1.76. The van der Waals surface area contributed by atoms with E-state index in [9.17, 15) is 26.8 Å². The number of furan rings is 1. The highest BCUT2D eigenvalue weighted by atomic mass is 32.2. The topological polar surface area (TPSA) is 118 Å². The molecule has 1 heterocycles. The van der Waals surface area contributed by atoms with Crippen molar-refractivity contribution in [3.05, 3.63) is 53.0 Å². The second kappa shape index (κ2) is 8.93. The molecule has 0 aliphatic rings. The standard InChI is InChI=1S/C17H19F2N3O5S/c1-10-8-13(11(2)27-10)17(24)22-21-16(23)4-3-7-20-28(25,26)15-6-5-12(18)9-14(15)19/h5-6,8-9,20H,3-4,7H2,1-2H3,(H,21,23)(H,22,24). The lowest BCUT2D eigenvalue weighted by Crippen LogP contribution is -2.41. The fourth-order valence-electron chi connectivity index (χ4n) is 2.34. The molecule has 3 N–H and O–H groups in total. The van der Waals surface area contributed by atoms with Crippen LogP contribution in [-0.4, -0.2) is 26.8 Å². The molecule has 0 fully saturated rings. The van der Waals surface area contributed by atoms with Crippen LogP contribution in [-0.2, 0) is 14.8 Å². The van der Waals surface area contributed by atoms with Crippen LogP contribution in [0.15, 0.2) is 33.6 Å². The lowest BCUT2D eigenvalue weighted by atomic mass is 10.2. The predicted molar refractivity (Wildman–Crippen MR) is 94.6 cm³/mol. The van der Waals surface area contributed by atoms with Crippen LogP contribution in [0.4, 0.5) is 8.78 Å². The molecule has 8 nitrogen and oxygen atoms in total. The van der Waals surface area contributed by atoms with Crippen molar-refractivity contribution in [2.24, 2.45) is 0 Å². The molecular formula is C17H19F2N3O5S. The number of amides is 2. The Labute approximate surface area is 160 Å². The quantitative estimate of drug-likeness (QED) is 0.470. The summed E-state index contributed by atoms with van der Waals surface area (Å²) >= 11 is 0. The number of carbonyl (C=O) groups is 2. The maximum Gasteiger partial charge on any atom is 0.273 e. The third-order valence-electron chi connectivity index (χ3n) is 3.66. The van der Waals surface area contributed by atoms with Crippen LogP contribution in [0, 0.1) is 25.5 Å². The molecule has 0 bridgehead atoms. The van der Waals surface area contributed by atoms with Gasteiger partial charge in [-0.1, -0.05) is 0 Å². The first kappa shape index (κ1) is 21.5. The molecule has 1 aromatic carbocycles. The number of halogens is 2. The molecule has 28 heavy (non-hydrogen) atoms. The minimum atomic E-state index is -4.17. The molecule has 0 aliphatic carbocycles. The van der Waals surface area contributed by atoms with Crippen LogP contribution in [0.2, 0.25) is 0 Å². The third-order valence-corrected chi connectivity index (χ3v) is 5.15. The molecule has 0 saturated heterocycles. The Morgan fingerprint density at radius 2 is 1.82 bits per heavy atom. The van der Waals surface area contributed by atoms with Crippen molar-refractivity contribution >= 4 is 21.8 Å². The number of hydrogen-bond acceptors (Lipinski definition) is 5. The number of hydrogen-bond donors (Lipinski definition) is 3. The van der Waals surface area contributed by atoms with E-state index in [1.807, 2.05) is 0 Å². The molecule has 0 unspecified atom stereocenters. The van der Waals surface area contributed by atoms with Crippen LogP contribution in [0.25, 0.3) is 0 Å². The lowest BCUT2D eigenvalue weighted by Gasteiger charge is -2.09. The maximum absolute atomic E-state index is 13.6. The molecule has 2 rings (SSSR count). The van der Waals surface area contributed by atoms with E-state index in [-0.39, 0.29) is 24.9 Å². The smallest absolute Gasteiger partial charge is 0.273 e. The van der Waals surface area contributed by atoms with E-state index in [4.69, 9.17) is 4.42 Å². The Morgan fingerprint density at radius 3 is 2.43 bits per heavy atom. The van der Waals surface area contributed by atoms with Gasteiger partial charge in [-0.25, -0.2) is 21.9 Å². The molecule has 0 spiro atoms. The number of hydrazine groups is 1. The average Bonchev–Trinajstić information content (AvgIpc) is 2.94. The minimum Gasteiger partial charge on any atom is -0.466 e. The summed E-state index contributed by atoms with van der Waals surface area (Å²) in [5.41, 5.74) is 4.71. The SMILES string of the molecule is Cc1cc(C(=O)NNC(=O)CCCNS(=O)(=O)c2ccc(F)cc2F)c(C)o1. The van der Waals surface area contributed by atoms with Crippen molar-refractivity contribution in [1.29, 1.82) is 0 Å². The highest BCUT2D eigenvalue weighted by Gasteiger charge is 2.19. The van der Waals surface area contributed by atoms with Crippen LogP contribution >= 0.6 is 0 Å². The van der Waals surface area contributed by atoms with E-state index < -0.39 is 38.4 Å². The summed E-state index contributed by atoms with van der Waals surface area (Å²) in [4.78, 5) is 23.0. The molecule has 11 heteroatoms. The summed E-state index contributed by atoms with van der Waals surface area (Å²) < 4.78 is 57.7. The van der Waals surface area contributed by atoms with Crippen molar-refractivity contribution in [3.63, 3.8) is 0 Å². The zero-order chi connectivity index (χ0) is 20.9. The van der Waals surface area contributed by atoms with Gasteiger partial charge in [0.1, 0.15) is 28.1 Å². The summed E-state index contributed by atoms with van der Waals surface area (Å²) in [6.45, 7) is 3.14. The van der Waals surface area contributed by atoms with Crippen molar-refractivity contribution in [2.75, 3.05) is 6.54 Å². The van der Waals surface area contributed by atoms with E-state index in [0.29, 0.717) is 17.6 Å². The van der Waals surface area contributed by atoms with Gasteiger partial charge >= 0.3 is 0 Å². The predicted octanol–water partition coefficient (Wildman–Crippen LogP) is 1.69. The van der Waals surface area contributed by atoms with Gasteiger partial charge in [-0.2, -0.15) is 0 Å². The van der Waals surface area contributed by atoms with Gasteiger partial charge < -0.3 is 4.42 Å². The van der Waals surface area contributed by atoms with E-state index in [1.165, 1.54) is 6.07 Å². The molecule has 0 atom stereocenters. The molecule has 2 aromatic rings. The first-order valence-electron chi connectivity index (χ1n) is 8.21. The zero-order valence-corrected chi connectivity index (χ0v) is 16.0. The van der Waals surface area contributed by atoms with Gasteiger partial charge in [0, 0.05) is 19.0 Å². The highest BCUT2D eigenvalue weighted by molar-refractivity contribution is 7.89. The third kappa shape index (κ3) is 5.60. The van der Waals surface area contributed by atoms with Crippen molar-refractivity contribution in [2.45, 2.75) is 31.6 Å². The van der Waals surface area contributed by atoms with Gasteiger partial charge in [0.15, 0.2) is 0 Å². The fraction of sp³-hybridized carbons (Fsp3) is 0.294. The fourth-order valence-corrected chi connectivity index (χ4v) is 3.47. The second-order valence-electron chi connectivity index (χ2n) is 5.91. The number of carbonyl (C=O) groups excluding carboxylic acids is 2. The summed E-state index contributed by atoms with van der Waals surface area (Å²) in [5.74, 6) is -2.23. The van der Waals surface area contributed by atoms with E-state index in [2.05, 4.69) is 15.6 Å². The number of sulfonamides is 1. The molecular weight excluding hydrogens is 396 g/mol. The Hall–Kier alpha value is -2.79. The largest absolute Gasteiger partial charge is 0.466 e. The molecule has 2 amide bonds. The summed E-state index contributed by atoms with van der Waals surface area (Å²) in [5, 5.41) is 0. The second-order valence-corrected chi connectivity index (χ2v) is 7.64. The first-order valence-corrected chi connectivity index (χ1v) is 9.69. The Bertz CT molecular complexity index is 989. The van der Waals surface area contributed by atoms with Crippen molar-refractivity contribution < 1.29 is 31.2 Å². The van der Waals surface area contributed by atoms with Gasteiger partial charge in [0.05, 0.1) is 5.56 Å². The monoisotopic (exact) mass is 415 g/mol. The average molecular weight is 415 g/mol. The van der Waals surface area contributed by atoms with E-state index in [0.717, 1.165) is 12.1 Å². The molecule has 0 aliphatic heterocycles. The summed E-state index contributed by atoms with van der Waals surface area (Å²) in [6, 6.07) is 3.64. The zero-order valence-electron chi connectivity index (χ0n) is 15.1. The maximum atomic E-state index is 13.6.